The maximum Gasteiger partial charge on any atom is 0.0620 e. The van der Waals surface area contributed by atoms with E-state index in [4.69, 9.17) is 4.74 Å². The monoisotopic (exact) mass is 141 g/mol. The van der Waals surface area contributed by atoms with Gasteiger partial charge in [0.1, 0.15) is 0 Å². The Hall–Kier alpha value is -0.0800. The highest BCUT2D eigenvalue weighted by Gasteiger charge is 2.48. The lowest BCUT2D eigenvalue weighted by molar-refractivity contribution is 0.127. The van der Waals surface area contributed by atoms with Crippen LogP contribution >= 0.6 is 0 Å². The molecule has 3 aliphatic rings. The molecule has 1 unspecified atom stereocenters. The Morgan fingerprint density at radius 2 is 2.20 bits per heavy atom. The molecule has 0 spiro atoms. The molecular weight excluding hydrogens is 126 g/mol. The summed E-state index contributed by atoms with van der Waals surface area (Å²) in [7, 11) is 4.02. The minimum absolute atomic E-state index is 0.731. The molecule has 3 fully saturated rings. The summed E-state index contributed by atoms with van der Waals surface area (Å²) < 4.78 is 5.15. The van der Waals surface area contributed by atoms with Gasteiger partial charge in [-0.1, -0.05) is 0 Å². The zero-order chi connectivity index (χ0) is 7.14. The zero-order valence-electron chi connectivity index (χ0n) is 6.71. The van der Waals surface area contributed by atoms with Crippen LogP contribution in [0.3, 0.4) is 0 Å². The van der Waals surface area contributed by atoms with E-state index in [0.717, 1.165) is 24.6 Å². The lowest BCUT2D eigenvalue weighted by Gasteiger charge is -2.22. The Morgan fingerprint density at radius 3 is 2.60 bits per heavy atom. The summed E-state index contributed by atoms with van der Waals surface area (Å²) in [5, 5.41) is 0. The molecule has 0 N–H and O–H groups in total. The molecule has 3 rings (SSSR count). The fraction of sp³-hybridized carbons (Fsp3) is 1.00. The van der Waals surface area contributed by atoms with Crippen molar-refractivity contribution in [3.8, 4) is 0 Å². The first kappa shape index (κ1) is 6.62. The summed E-state index contributed by atoms with van der Waals surface area (Å²) in [5.41, 5.74) is 0. The van der Waals surface area contributed by atoms with E-state index in [-0.39, 0.29) is 0 Å². The number of methoxy groups -OCH3 is 1. The Kier molecular flexibility index (Phi) is 1.46. The molecule has 0 radical (unpaired) electrons. The largest absolute Gasteiger partial charge is 0.383 e. The molecule has 1 aliphatic carbocycles. The summed E-state index contributed by atoms with van der Waals surface area (Å²) in [5.74, 6) is 0.954. The van der Waals surface area contributed by atoms with Gasteiger partial charge in [-0.15, -0.1) is 0 Å². The quantitative estimate of drug-likeness (QED) is 0.562. The van der Waals surface area contributed by atoms with Crippen molar-refractivity contribution < 1.29 is 4.74 Å². The fourth-order valence-electron chi connectivity index (χ4n) is 2.30. The first-order valence-electron chi connectivity index (χ1n) is 4.04. The highest BCUT2D eigenvalue weighted by molar-refractivity contribution is 5.02. The zero-order valence-corrected chi connectivity index (χ0v) is 6.71. The average molecular weight is 141 g/mol. The van der Waals surface area contributed by atoms with Gasteiger partial charge in [0.2, 0.25) is 0 Å². The smallest absolute Gasteiger partial charge is 0.0620 e. The maximum absolute atomic E-state index is 5.15. The highest BCUT2D eigenvalue weighted by atomic mass is 16.5. The first-order valence-corrected chi connectivity index (χ1v) is 4.04. The van der Waals surface area contributed by atoms with E-state index in [1.165, 1.54) is 12.8 Å². The number of hydrogen-bond donors (Lipinski definition) is 0. The minimum atomic E-state index is 0.731. The van der Waals surface area contributed by atoms with Gasteiger partial charge < -0.3 is 4.74 Å². The summed E-state index contributed by atoms with van der Waals surface area (Å²) in [6, 6.07) is 1.63. The van der Waals surface area contributed by atoms with Crippen LogP contribution < -0.4 is 0 Å². The topological polar surface area (TPSA) is 12.5 Å². The second-order valence-corrected chi connectivity index (χ2v) is 3.57. The molecule has 0 aromatic heterocycles. The Morgan fingerprint density at radius 1 is 1.50 bits per heavy atom. The van der Waals surface area contributed by atoms with Crippen molar-refractivity contribution in [1.29, 1.82) is 0 Å². The van der Waals surface area contributed by atoms with E-state index in [1.54, 1.807) is 7.11 Å². The molecule has 2 heterocycles. The van der Waals surface area contributed by atoms with E-state index in [2.05, 4.69) is 11.9 Å². The minimum Gasteiger partial charge on any atom is -0.383 e. The lowest BCUT2D eigenvalue weighted by atomic mass is 9.83. The molecule has 10 heavy (non-hydrogen) atoms. The third-order valence-corrected chi connectivity index (χ3v) is 3.13. The molecule has 0 amide bonds. The maximum atomic E-state index is 5.15. The second-order valence-electron chi connectivity index (χ2n) is 3.57. The van der Waals surface area contributed by atoms with Gasteiger partial charge in [-0.3, -0.25) is 4.90 Å². The van der Waals surface area contributed by atoms with Crippen molar-refractivity contribution in [3.63, 3.8) is 0 Å². The Balaban J connectivity index is 1.96. The van der Waals surface area contributed by atoms with E-state index < -0.39 is 0 Å². The Labute approximate surface area is 62.2 Å². The van der Waals surface area contributed by atoms with Crippen LogP contribution in [-0.2, 0) is 4.74 Å². The Bertz CT molecular complexity index is 131. The number of nitrogens with zero attached hydrogens (tertiary/aromatic N) is 1. The van der Waals surface area contributed by atoms with Gasteiger partial charge in [-0.05, 0) is 25.8 Å². The average Bonchev–Trinajstić information content (AvgIpc) is 2.20. The van der Waals surface area contributed by atoms with Crippen molar-refractivity contribution in [2.45, 2.75) is 24.9 Å². The molecule has 2 nitrogen and oxygen atoms in total. The van der Waals surface area contributed by atoms with Crippen LogP contribution in [0.4, 0.5) is 0 Å². The molecule has 58 valence electrons. The summed E-state index contributed by atoms with van der Waals surface area (Å²) in [6.07, 6.45) is 2.84. The van der Waals surface area contributed by atoms with Crippen molar-refractivity contribution in [3.05, 3.63) is 0 Å². The predicted molar refractivity (Wildman–Crippen MR) is 39.9 cm³/mol. The number of fused-ring (bicyclic) bond motifs is 1. The predicted octanol–water partition coefficient (Wildman–Crippen LogP) is 0.725. The molecule has 1 saturated carbocycles. The molecule has 0 aromatic carbocycles. The normalized spacial score (nSPS) is 45.6. The van der Waals surface area contributed by atoms with Gasteiger partial charge in [0.25, 0.3) is 0 Å². The fourth-order valence-corrected chi connectivity index (χ4v) is 2.30. The van der Waals surface area contributed by atoms with Crippen molar-refractivity contribution in [2.75, 3.05) is 20.8 Å². The highest BCUT2D eigenvalue weighted by Crippen LogP contribution is 2.44. The summed E-state index contributed by atoms with van der Waals surface area (Å²) in [4.78, 5) is 2.48. The van der Waals surface area contributed by atoms with Crippen LogP contribution in [0.25, 0.3) is 0 Å². The second kappa shape index (κ2) is 2.21. The van der Waals surface area contributed by atoms with Gasteiger partial charge in [-0.25, -0.2) is 0 Å². The molecule has 2 aliphatic heterocycles. The van der Waals surface area contributed by atoms with E-state index in [0.29, 0.717) is 0 Å². The third-order valence-electron chi connectivity index (χ3n) is 3.13. The number of ether oxygens (including phenoxy) is 1. The summed E-state index contributed by atoms with van der Waals surface area (Å²) >= 11 is 0. The van der Waals surface area contributed by atoms with Gasteiger partial charge in [0.05, 0.1) is 6.61 Å². The van der Waals surface area contributed by atoms with Gasteiger partial charge in [0.15, 0.2) is 0 Å². The molecular formula is C8H15NO. The standard InChI is InChI=1S/C8H15NO/c1-9-7-3-6(4-7)8(9)5-10-2/h6-8H,3-5H2,1-2H3/t6-,7+,8?. The molecule has 1 atom stereocenters. The SMILES string of the molecule is COCC1[C@H]2C[C@H](C2)N1C. The van der Waals surface area contributed by atoms with Crippen LogP contribution in [0, 0.1) is 5.92 Å². The van der Waals surface area contributed by atoms with Gasteiger partial charge in [0, 0.05) is 19.2 Å². The molecule has 2 heteroatoms. The molecule has 0 aromatic rings. The van der Waals surface area contributed by atoms with Crippen molar-refractivity contribution in [1.82, 2.24) is 4.90 Å². The molecule has 2 bridgehead atoms. The van der Waals surface area contributed by atoms with E-state index >= 15 is 0 Å². The summed E-state index contributed by atoms with van der Waals surface area (Å²) in [6.45, 7) is 0.928. The lowest BCUT2D eigenvalue weighted by Crippen LogP contribution is -2.29. The van der Waals surface area contributed by atoms with Gasteiger partial charge >= 0.3 is 0 Å². The van der Waals surface area contributed by atoms with Crippen LogP contribution in [0.5, 0.6) is 0 Å². The number of rotatable bonds is 2. The third kappa shape index (κ3) is 0.722. The van der Waals surface area contributed by atoms with Crippen LogP contribution in [0.1, 0.15) is 12.8 Å². The molecule has 2 saturated heterocycles. The van der Waals surface area contributed by atoms with Crippen LogP contribution in [-0.4, -0.2) is 37.7 Å². The van der Waals surface area contributed by atoms with Crippen molar-refractivity contribution >= 4 is 0 Å². The van der Waals surface area contributed by atoms with Crippen molar-refractivity contribution in [2.24, 2.45) is 5.92 Å². The first-order chi connectivity index (χ1) is 4.83. The van der Waals surface area contributed by atoms with Crippen LogP contribution in [0.15, 0.2) is 0 Å². The van der Waals surface area contributed by atoms with E-state index in [9.17, 15) is 0 Å². The van der Waals surface area contributed by atoms with Crippen LogP contribution in [0.2, 0.25) is 0 Å². The van der Waals surface area contributed by atoms with Gasteiger partial charge in [-0.2, -0.15) is 0 Å². The van der Waals surface area contributed by atoms with E-state index in [1.807, 2.05) is 0 Å². The number of hydrogen-bond acceptors (Lipinski definition) is 2. The number of likely N-dealkylation sites (N-methyl/N-ethyl adjacent to an activating group) is 1.